The quantitative estimate of drug-likeness (QED) is 0.876. The molecule has 0 spiro atoms. The van der Waals surface area contributed by atoms with Crippen molar-refractivity contribution in [2.24, 2.45) is 0 Å². The number of halogens is 2. The maximum Gasteiger partial charge on any atom is 0.159 e. The third kappa shape index (κ3) is 6.08. The van der Waals surface area contributed by atoms with Crippen molar-refractivity contribution in [2.45, 2.75) is 45.4 Å². The van der Waals surface area contributed by atoms with Crippen LogP contribution in [0.25, 0.3) is 0 Å². The van der Waals surface area contributed by atoms with E-state index in [-0.39, 0.29) is 18.2 Å². The topological polar surface area (TPSA) is 32.7 Å². The highest BCUT2D eigenvalue weighted by atomic mass is 19.2. The van der Waals surface area contributed by atoms with Gasteiger partial charge in [-0.05, 0) is 52.4 Å². The molecule has 0 aliphatic heterocycles. The van der Waals surface area contributed by atoms with Crippen molar-refractivity contribution in [1.82, 2.24) is 4.90 Å². The molecule has 0 heterocycles. The molecule has 0 saturated heterocycles. The van der Waals surface area contributed by atoms with Gasteiger partial charge >= 0.3 is 0 Å². The molecule has 1 aromatic rings. The van der Waals surface area contributed by atoms with E-state index in [2.05, 4.69) is 0 Å². The average molecular weight is 301 g/mol. The van der Waals surface area contributed by atoms with Gasteiger partial charge in [0, 0.05) is 12.6 Å². The summed E-state index contributed by atoms with van der Waals surface area (Å²) in [5.41, 5.74) is 0.367. The monoisotopic (exact) mass is 301 g/mol. The van der Waals surface area contributed by atoms with E-state index in [1.54, 1.807) is 6.07 Å². The van der Waals surface area contributed by atoms with Gasteiger partial charge in [-0.2, -0.15) is 0 Å². The summed E-state index contributed by atoms with van der Waals surface area (Å²) in [5, 5.41) is 9.98. The predicted octanol–water partition coefficient (Wildman–Crippen LogP) is 3.13. The van der Waals surface area contributed by atoms with Crippen LogP contribution in [0.1, 0.15) is 39.3 Å². The zero-order valence-corrected chi connectivity index (χ0v) is 13.4. The molecule has 3 nitrogen and oxygen atoms in total. The molecule has 2 atom stereocenters. The van der Waals surface area contributed by atoms with Gasteiger partial charge in [-0.25, -0.2) is 8.78 Å². The first-order valence-corrected chi connectivity index (χ1v) is 7.07. The number of rotatable bonds is 6. The fourth-order valence-corrected chi connectivity index (χ4v) is 1.92. The van der Waals surface area contributed by atoms with E-state index in [1.807, 2.05) is 39.6 Å². The lowest BCUT2D eigenvalue weighted by Gasteiger charge is -2.29. The largest absolute Gasteiger partial charge is 0.389 e. The molecular formula is C16H25F2NO2. The van der Waals surface area contributed by atoms with Gasteiger partial charge in [0.25, 0.3) is 0 Å². The summed E-state index contributed by atoms with van der Waals surface area (Å²) < 4.78 is 31.7. The fourth-order valence-electron chi connectivity index (χ4n) is 1.92. The second-order valence-electron chi connectivity index (χ2n) is 6.37. The lowest BCUT2D eigenvalue weighted by molar-refractivity contribution is -0.0566. The van der Waals surface area contributed by atoms with Gasteiger partial charge in [-0.3, -0.25) is 4.90 Å². The molecule has 0 aliphatic carbocycles. The lowest BCUT2D eigenvalue weighted by Crippen LogP contribution is -2.36. The van der Waals surface area contributed by atoms with Crippen LogP contribution in [0.5, 0.6) is 0 Å². The number of likely N-dealkylation sites (N-methyl/N-ethyl adjacent to an activating group) is 1. The van der Waals surface area contributed by atoms with Crippen molar-refractivity contribution in [3.05, 3.63) is 35.4 Å². The van der Waals surface area contributed by atoms with E-state index in [0.29, 0.717) is 12.1 Å². The average Bonchev–Trinajstić information content (AvgIpc) is 2.38. The molecule has 0 aliphatic rings. The van der Waals surface area contributed by atoms with Crippen molar-refractivity contribution in [2.75, 3.05) is 20.2 Å². The van der Waals surface area contributed by atoms with Gasteiger partial charge in [0.1, 0.15) is 0 Å². The van der Waals surface area contributed by atoms with Crippen LogP contribution < -0.4 is 0 Å². The highest BCUT2D eigenvalue weighted by molar-refractivity contribution is 5.20. The zero-order valence-electron chi connectivity index (χ0n) is 13.4. The van der Waals surface area contributed by atoms with Gasteiger partial charge < -0.3 is 9.84 Å². The number of aliphatic hydroxyl groups excluding tert-OH is 1. The van der Waals surface area contributed by atoms with Crippen LogP contribution in [0.4, 0.5) is 8.78 Å². The molecule has 1 aromatic carbocycles. The summed E-state index contributed by atoms with van der Waals surface area (Å²) in [4.78, 5) is 1.88. The van der Waals surface area contributed by atoms with Gasteiger partial charge in [-0.15, -0.1) is 0 Å². The molecule has 120 valence electrons. The normalized spacial score (nSPS) is 15.3. The second-order valence-corrected chi connectivity index (χ2v) is 6.37. The van der Waals surface area contributed by atoms with E-state index in [1.165, 1.54) is 6.07 Å². The van der Waals surface area contributed by atoms with E-state index < -0.39 is 17.7 Å². The van der Waals surface area contributed by atoms with Crippen molar-refractivity contribution in [3.63, 3.8) is 0 Å². The summed E-state index contributed by atoms with van der Waals surface area (Å²) in [6, 6.07) is 3.73. The van der Waals surface area contributed by atoms with Crippen molar-refractivity contribution in [1.29, 1.82) is 0 Å². The molecule has 0 aromatic heterocycles. The van der Waals surface area contributed by atoms with Crippen molar-refractivity contribution in [3.8, 4) is 0 Å². The Morgan fingerprint density at radius 3 is 2.38 bits per heavy atom. The summed E-state index contributed by atoms with van der Waals surface area (Å²) >= 11 is 0. The predicted molar refractivity (Wildman–Crippen MR) is 79.1 cm³/mol. The van der Waals surface area contributed by atoms with E-state index >= 15 is 0 Å². The summed E-state index contributed by atoms with van der Waals surface area (Å²) in [6.07, 6.45) is -0.637. The Morgan fingerprint density at radius 1 is 1.24 bits per heavy atom. The van der Waals surface area contributed by atoms with Crippen LogP contribution in [-0.2, 0) is 4.74 Å². The van der Waals surface area contributed by atoms with Gasteiger partial charge in [-0.1, -0.05) is 6.07 Å². The molecule has 5 heteroatoms. The molecule has 0 radical (unpaired) electrons. The minimum atomic E-state index is -0.857. The minimum absolute atomic E-state index is 0.135. The Hall–Kier alpha value is -1.04. The molecular weight excluding hydrogens is 276 g/mol. The van der Waals surface area contributed by atoms with Crippen LogP contribution in [0.3, 0.4) is 0 Å². The third-order valence-corrected chi connectivity index (χ3v) is 3.29. The van der Waals surface area contributed by atoms with Crippen LogP contribution >= 0.6 is 0 Å². The van der Waals surface area contributed by atoms with E-state index in [0.717, 1.165) is 6.07 Å². The maximum atomic E-state index is 13.3. The molecule has 2 unspecified atom stereocenters. The second kappa shape index (κ2) is 7.29. The number of hydrogen-bond acceptors (Lipinski definition) is 3. The third-order valence-electron chi connectivity index (χ3n) is 3.29. The Morgan fingerprint density at radius 2 is 1.86 bits per heavy atom. The van der Waals surface area contributed by atoms with E-state index in [9.17, 15) is 13.9 Å². The number of ether oxygens (including phenoxy) is 1. The van der Waals surface area contributed by atoms with E-state index in [4.69, 9.17) is 4.74 Å². The van der Waals surface area contributed by atoms with Crippen molar-refractivity contribution >= 4 is 0 Å². The van der Waals surface area contributed by atoms with Crippen LogP contribution in [-0.4, -0.2) is 41.9 Å². The Kier molecular flexibility index (Phi) is 6.25. The standard InChI is InChI=1S/C16H25F2NO2/c1-11(12-6-7-14(17)15(18)8-12)19(5)9-13(20)10-21-16(2,3)4/h6-8,11,13,20H,9-10H2,1-5H3. The SMILES string of the molecule is CC(c1ccc(F)c(F)c1)N(C)CC(O)COC(C)(C)C. The Balaban J connectivity index is 2.57. The number of aliphatic hydroxyl groups is 1. The molecule has 0 amide bonds. The fraction of sp³-hybridized carbons (Fsp3) is 0.625. The molecule has 1 rings (SSSR count). The molecule has 0 fully saturated rings. The Labute approximate surface area is 125 Å². The van der Waals surface area contributed by atoms with Crippen molar-refractivity contribution < 1.29 is 18.6 Å². The summed E-state index contributed by atoms with van der Waals surface area (Å²) in [7, 11) is 1.83. The maximum absolute atomic E-state index is 13.3. The van der Waals surface area contributed by atoms with Crippen LogP contribution in [0.2, 0.25) is 0 Å². The van der Waals surface area contributed by atoms with Gasteiger partial charge in [0.2, 0.25) is 0 Å². The first-order chi connectivity index (χ1) is 9.60. The molecule has 21 heavy (non-hydrogen) atoms. The summed E-state index contributed by atoms with van der Waals surface area (Å²) in [6.45, 7) is 8.27. The Bertz CT molecular complexity index is 460. The van der Waals surface area contributed by atoms with Gasteiger partial charge in [0.05, 0.1) is 18.3 Å². The highest BCUT2D eigenvalue weighted by Crippen LogP contribution is 2.21. The molecule has 1 N–H and O–H groups in total. The molecule has 0 bridgehead atoms. The number of benzene rings is 1. The van der Waals surface area contributed by atoms with Crippen LogP contribution in [0.15, 0.2) is 18.2 Å². The number of hydrogen-bond donors (Lipinski definition) is 1. The molecule has 0 saturated carbocycles. The lowest BCUT2D eigenvalue weighted by atomic mass is 10.1. The number of nitrogens with zero attached hydrogens (tertiary/aromatic N) is 1. The first kappa shape index (κ1) is 18.0. The van der Waals surface area contributed by atoms with Crippen LogP contribution in [0, 0.1) is 11.6 Å². The highest BCUT2D eigenvalue weighted by Gasteiger charge is 2.19. The first-order valence-electron chi connectivity index (χ1n) is 7.07. The zero-order chi connectivity index (χ0) is 16.2. The minimum Gasteiger partial charge on any atom is -0.389 e. The smallest absolute Gasteiger partial charge is 0.159 e. The van der Waals surface area contributed by atoms with Gasteiger partial charge in [0.15, 0.2) is 11.6 Å². The summed E-state index contributed by atoms with van der Waals surface area (Å²) in [5.74, 6) is -1.71.